The van der Waals surface area contributed by atoms with Crippen molar-refractivity contribution in [2.75, 3.05) is 6.54 Å². The number of carbonyl (C=O) groups excluding carboxylic acids is 1. The predicted octanol–water partition coefficient (Wildman–Crippen LogP) is 2.90. The number of nitrogens with zero attached hydrogens (tertiary/aromatic N) is 4. The van der Waals surface area contributed by atoms with Crippen LogP contribution in [0.3, 0.4) is 0 Å². The Morgan fingerprint density at radius 2 is 1.85 bits per heavy atom. The first-order valence-electron chi connectivity index (χ1n) is 8.50. The number of nitrogens with one attached hydrogen (secondary N) is 1. The van der Waals surface area contributed by atoms with E-state index in [-0.39, 0.29) is 11.7 Å². The van der Waals surface area contributed by atoms with Gasteiger partial charge in [-0.05, 0) is 36.2 Å². The SMILES string of the molecule is O=C(NCCc1ccccc1F)c1ccc(-c2nnc3ncccn23)cc1. The molecule has 7 heteroatoms. The topological polar surface area (TPSA) is 72.2 Å². The van der Waals surface area contributed by atoms with Gasteiger partial charge in [-0.2, -0.15) is 0 Å². The predicted molar refractivity (Wildman–Crippen MR) is 98.7 cm³/mol. The van der Waals surface area contributed by atoms with Crippen LogP contribution in [0, 0.1) is 5.82 Å². The van der Waals surface area contributed by atoms with Gasteiger partial charge in [0.25, 0.3) is 11.7 Å². The van der Waals surface area contributed by atoms with Gasteiger partial charge in [-0.3, -0.25) is 9.20 Å². The second kappa shape index (κ2) is 7.33. The Kier molecular flexibility index (Phi) is 4.57. The summed E-state index contributed by atoms with van der Waals surface area (Å²) in [5, 5.41) is 11.0. The van der Waals surface area contributed by atoms with Gasteiger partial charge in [-0.15, -0.1) is 10.2 Å². The van der Waals surface area contributed by atoms with E-state index in [0.717, 1.165) is 5.56 Å². The Balaban J connectivity index is 1.43. The maximum Gasteiger partial charge on any atom is 0.255 e. The fourth-order valence-corrected chi connectivity index (χ4v) is 2.82. The van der Waals surface area contributed by atoms with Gasteiger partial charge in [0, 0.05) is 30.1 Å². The third kappa shape index (κ3) is 3.52. The van der Waals surface area contributed by atoms with Crippen molar-refractivity contribution in [3.63, 3.8) is 0 Å². The molecule has 2 aromatic carbocycles. The number of amides is 1. The first-order chi connectivity index (χ1) is 13.2. The lowest BCUT2D eigenvalue weighted by Crippen LogP contribution is -2.25. The third-order valence-electron chi connectivity index (χ3n) is 4.23. The van der Waals surface area contributed by atoms with Crippen molar-refractivity contribution in [1.82, 2.24) is 24.9 Å². The summed E-state index contributed by atoms with van der Waals surface area (Å²) in [4.78, 5) is 16.4. The smallest absolute Gasteiger partial charge is 0.255 e. The zero-order valence-electron chi connectivity index (χ0n) is 14.3. The standard InChI is InChI=1S/C20H16FN5O/c21-17-5-2-1-4-14(17)10-12-22-19(27)16-8-6-15(7-9-16)18-24-25-20-23-11-3-13-26(18)20/h1-9,11,13H,10,12H2,(H,22,27). The molecule has 0 aliphatic carbocycles. The first kappa shape index (κ1) is 16.8. The molecule has 27 heavy (non-hydrogen) atoms. The Bertz CT molecular complexity index is 1090. The van der Waals surface area contributed by atoms with E-state index in [9.17, 15) is 9.18 Å². The molecular formula is C20H16FN5O. The molecule has 4 rings (SSSR count). The summed E-state index contributed by atoms with van der Waals surface area (Å²) in [7, 11) is 0. The molecule has 0 saturated carbocycles. The summed E-state index contributed by atoms with van der Waals surface area (Å²) in [5.41, 5.74) is 1.94. The minimum Gasteiger partial charge on any atom is -0.352 e. The number of hydrogen-bond acceptors (Lipinski definition) is 4. The normalized spacial score (nSPS) is 10.9. The Hall–Kier alpha value is -3.61. The first-order valence-corrected chi connectivity index (χ1v) is 8.50. The highest BCUT2D eigenvalue weighted by Crippen LogP contribution is 2.18. The highest BCUT2D eigenvalue weighted by atomic mass is 19.1. The van der Waals surface area contributed by atoms with E-state index in [1.807, 2.05) is 18.3 Å². The maximum absolute atomic E-state index is 13.6. The van der Waals surface area contributed by atoms with Crippen LogP contribution >= 0.6 is 0 Å². The Labute approximate surface area is 154 Å². The van der Waals surface area contributed by atoms with Gasteiger partial charge in [0.2, 0.25) is 0 Å². The van der Waals surface area contributed by atoms with Gasteiger partial charge in [0.05, 0.1) is 0 Å². The van der Waals surface area contributed by atoms with Crippen LogP contribution in [-0.4, -0.2) is 32.0 Å². The molecule has 6 nitrogen and oxygen atoms in total. The Morgan fingerprint density at radius 1 is 1.04 bits per heavy atom. The van der Waals surface area contributed by atoms with E-state index in [4.69, 9.17) is 0 Å². The summed E-state index contributed by atoms with van der Waals surface area (Å²) in [6.45, 7) is 0.363. The van der Waals surface area contributed by atoms with Crippen molar-refractivity contribution < 1.29 is 9.18 Å². The summed E-state index contributed by atoms with van der Waals surface area (Å²) < 4.78 is 15.4. The van der Waals surface area contributed by atoms with Gasteiger partial charge in [-0.1, -0.05) is 30.3 Å². The molecule has 0 fully saturated rings. The number of rotatable bonds is 5. The van der Waals surface area contributed by atoms with Crippen molar-refractivity contribution >= 4 is 11.7 Å². The summed E-state index contributed by atoms with van der Waals surface area (Å²) >= 11 is 0. The van der Waals surface area contributed by atoms with Gasteiger partial charge in [-0.25, -0.2) is 9.37 Å². The lowest BCUT2D eigenvalue weighted by molar-refractivity contribution is 0.0954. The van der Waals surface area contributed by atoms with Crippen LogP contribution in [0.15, 0.2) is 67.0 Å². The average molecular weight is 361 g/mol. The van der Waals surface area contributed by atoms with Crippen LogP contribution in [0.2, 0.25) is 0 Å². The number of halogens is 1. The fourth-order valence-electron chi connectivity index (χ4n) is 2.82. The average Bonchev–Trinajstić information content (AvgIpc) is 3.14. The molecule has 0 aliphatic heterocycles. The molecule has 1 amide bonds. The second-order valence-corrected chi connectivity index (χ2v) is 5.99. The van der Waals surface area contributed by atoms with E-state index in [0.29, 0.717) is 35.7 Å². The van der Waals surface area contributed by atoms with Gasteiger partial charge in [0.15, 0.2) is 5.82 Å². The van der Waals surface area contributed by atoms with Crippen LogP contribution in [-0.2, 0) is 6.42 Å². The maximum atomic E-state index is 13.6. The quantitative estimate of drug-likeness (QED) is 0.593. The van der Waals surface area contributed by atoms with Crippen molar-refractivity contribution in [3.05, 3.63) is 83.9 Å². The molecule has 0 spiro atoms. The summed E-state index contributed by atoms with van der Waals surface area (Å²) in [6, 6.07) is 15.4. The van der Waals surface area contributed by atoms with E-state index in [2.05, 4.69) is 20.5 Å². The molecule has 0 unspecified atom stereocenters. The molecule has 0 atom stereocenters. The van der Waals surface area contributed by atoms with Crippen LogP contribution < -0.4 is 5.32 Å². The van der Waals surface area contributed by atoms with Gasteiger partial charge < -0.3 is 5.32 Å². The number of fused-ring (bicyclic) bond motifs is 1. The zero-order valence-corrected chi connectivity index (χ0v) is 14.3. The molecule has 0 saturated heterocycles. The highest BCUT2D eigenvalue weighted by Gasteiger charge is 2.10. The number of aromatic nitrogens is 4. The lowest BCUT2D eigenvalue weighted by atomic mass is 10.1. The minimum atomic E-state index is -0.258. The summed E-state index contributed by atoms with van der Waals surface area (Å²) in [6.07, 6.45) is 3.93. The monoisotopic (exact) mass is 361 g/mol. The van der Waals surface area contributed by atoms with Crippen LogP contribution in [0.5, 0.6) is 0 Å². The van der Waals surface area contributed by atoms with E-state index < -0.39 is 0 Å². The minimum absolute atomic E-state index is 0.203. The van der Waals surface area contributed by atoms with Crippen LogP contribution in [0.25, 0.3) is 17.2 Å². The highest BCUT2D eigenvalue weighted by molar-refractivity contribution is 5.94. The molecule has 134 valence electrons. The molecule has 0 radical (unpaired) electrons. The number of carbonyl (C=O) groups is 1. The van der Waals surface area contributed by atoms with Gasteiger partial charge >= 0.3 is 0 Å². The van der Waals surface area contributed by atoms with Crippen molar-refractivity contribution in [2.45, 2.75) is 6.42 Å². The Morgan fingerprint density at radius 3 is 2.67 bits per heavy atom. The fraction of sp³-hybridized carbons (Fsp3) is 0.100. The number of hydrogen-bond donors (Lipinski definition) is 1. The zero-order chi connectivity index (χ0) is 18.6. The van der Waals surface area contributed by atoms with Gasteiger partial charge in [0.1, 0.15) is 5.82 Å². The van der Waals surface area contributed by atoms with E-state index >= 15 is 0 Å². The largest absolute Gasteiger partial charge is 0.352 e. The number of benzene rings is 2. The van der Waals surface area contributed by atoms with Crippen molar-refractivity contribution in [2.24, 2.45) is 0 Å². The lowest BCUT2D eigenvalue weighted by Gasteiger charge is -2.07. The molecule has 0 bridgehead atoms. The molecule has 1 N–H and O–H groups in total. The third-order valence-corrected chi connectivity index (χ3v) is 4.23. The molecule has 4 aromatic rings. The second-order valence-electron chi connectivity index (χ2n) is 5.99. The van der Waals surface area contributed by atoms with Crippen molar-refractivity contribution in [1.29, 1.82) is 0 Å². The van der Waals surface area contributed by atoms with E-state index in [1.165, 1.54) is 6.07 Å². The van der Waals surface area contributed by atoms with Crippen LogP contribution in [0.1, 0.15) is 15.9 Å². The molecule has 2 heterocycles. The molecule has 2 aromatic heterocycles. The molecular weight excluding hydrogens is 345 g/mol. The molecule has 0 aliphatic rings. The van der Waals surface area contributed by atoms with Crippen molar-refractivity contribution in [3.8, 4) is 11.4 Å². The summed E-state index contributed by atoms with van der Waals surface area (Å²) in [5.74, 6) is 0.712. The van der Waals surface area contributed by atoms with E-state index in [1.54, 1.807) is 47.0 Å². The van der Waals surface area contributed by atoms with Crippen LogP contribution in [0.4, 0.5) is 4.39 Å².